The first kappa shape index (κ1) is 92.7. The van der Waals surface area contributed by atoms with E-state index in [2.05, 4.69) is 50.7 Å². The number of carbonyl (C=O) groups excluding carboxylic acids is 3. The number of hydrogen-bond donors (Lipinski definition) is 5. The number of halogens is 5. The molecule has 8 aromatic rings. The Bertz CT molecular complexity index is 4130. The van der Waals surface area contributed by atoms with Gasteiger partial charge in [0.15, 0.2) is 0 Å². The summed E-state index contributed by atoms with van der Waals surface area (Å²) in [6.45, 7) is 12.1. The van der Waals surface area contributed by atoms with E-state index < -0.39 is 17.9 Å². The number of pyridine rings is 4. The van der Waals surface area contributed by atoms with Crippen LogP contribution in [0.4, 0.5) is 0 Å². The first-order valence-electron chi connectivity index (χ1n) is 31.6. The number of nitrogens with one attached hydrogen (secondary N) is 1. The molecule has 0 spiro atoms. The van der Waals surface area contributed by atoms with Crippen LogP contribution in [0.3, 0.4) is 0 Å². The summed E-state index contributed by atoms with van der Waals surface area (Å²) in [7, 11) is 8.40. The zero-order chi connectivity index (χ0) is 76.2. The van der Waals surface area contributed by atoms with Gasteiger partial charge in [0, 0.05) is 86.9 Å². The minimum absolute atomic E-state index is 0. The number of esters is 2. The van der Waals surface area contributed by atoms with E-state index in [-0.39, 0.29) is 79.4 Å². The number of methoxy groups -OCH3 is 6. The third-order valence-corrected chi connectivity index (χ3v) is 16.2. The van der Waals surface area contributed by atoms with E-state index >= 15 is 0 Å². The summed E-state index contributed by atoms with van der Waals surface area (Å²) in [6.07, 6.45) is 19.8. The van der Waals surface area contributed by atoms with Gasteiger partial charge < -0.3 is 69.6 Å². The fraction of sp³-hybridized carbons (Fsp3) is 0.263. The molecule has 0 saturated carbocycles. The maximum absolute atomic E-state index is 12.3. The summed E-state index contributed by atoms with van der Waals surface area (Å²) in [5.74, 6) is 1.49. The molecule has 1 amide bonds. The fourth-order valence-electron chi connectivity index (χ4n) is 8.34. The van der Waals surface area contributed by atoms with Gasteiger partial charge in [0.25, 0.3) is 5.91 Å². The molecule has 22 nitrogen and oxygen atoms in total. The van der Waals surface area contributed by atoms with E-state index in [1.165, 1.54) is 73.5 Å². The molecule has 2 unspecified atom stereocenters. The predicted molar refractivity (Wildman–Crippen MR) is 414 cm³/mol. The molecule has 29 heteroatoms. The van der Waals surface area contributed by atoms with Gasteiger partial charge in [-0.05, 0) is 184 Å². The monoisotopic (exact) mass is 1570 g/mol. The van der Waals surface area contributed by atoms with E-state index in [4.69, 9.17) is 95.7 Å². The zero-order valence-electron chi connectivity index (χ0n) is 60.5. The topological polar surface area (TPSA) is 322 Å². The van der Waals surface area contributed by atoms with Crippen molar-refractivity contribution in [2.24, 2.45) is 5.73 Å². The van der Waals surface area contributed by atoms with Gasteiger partial charge >= 0.3 is 43.9 Å². The van der Waals surface area contributed by atoms with Crippen molar-refractivity contribution in [1.82, 2.24) is 25.3 Å². The molecule has 4 aromatic heterocycles. The Morgan fingerprint density at radius 2 is 0.829 bits per heavy atom. The minimum Gasteiger partial charge on any atom is -0.870 e. The second-order valence-electron chi connectivity index (χ2n) is 23.0. The molecular formula is C76H85BBrCl4LiN6O16. The summed E-state index contributed by atoms with van der Waals surface area (Å²) < 4.78 is 42.0. The van der Waals surface area contributed by atoms with E-state index in [0.717, 1.165) is 27.3 Å². The van der Waals surface area contributed by atoms with Crippen LogP contribution < -0.4 is 48.9 Å². The Balaban J connectivity index is 0.000000440. The van der Waals surface area contributed by atoms with Gasteiger partial charge in [0.2, 0.25) is 23.5 Å². The molecule has 1 aliphatic heterocycles. The Kier molecular flexibility index (Phi) is 42.3. The normalized spacial score (nSPS) is 12.8. The third-order valence-electron chi connectivity index (χ3n) is 14.7. The Morgan fingerprint density at radius 3 is 1.14 bits per heavy atom. The third kappa shape index (κ3) is 32.5. The largest absolute Gasteiger partial charge is 1.00 e. The van der Waals surface area contributed by atoms with Gasteiger partial charge in [-0.3, -0.25) is 4.79 Å². The predicted octanol–water partition coefficient (Wildman–Crippen LogP) is 12.9. The Hall–Kier alpha value is -8.42. The summed E-state index contributed by atoms with van der Waals surface area (Å²) >= 11 is 26.6. The molecule has 0 radical (unpaired) electrons. The average molecular weight is 1580 g/mol. The molecule has 7 N–H and O–H groups in total. The molecule has 105 heavy (non-hydrogen) atoms. The molecule has 1 saturated heterocycles. The number of ether oxygens (including phenoxy) is 6. The van der Waals surface area contributed by atoms with Crippen LogP contribution in [0.1, 0.15) is 135 Å². The number of carboxylic acids is 1. The number of hydrogen-bond acceptors (Lipinski definition) is 20. The van der Waals surface area contributed by atoms with Crippen LogP contribution in [0.5, 0.6) is 23.5 Å². The molecule has 0 aliphatic carbocycles. The smallest absolute Gasteiger partial charge is 0.870 e. The number of aliphatic hydroxyl groups excluding tert-OH is 2. The van der Waals surface area contributed by atoms with Gasteiger partial charge in [0.05, 0.1) is 80.6 Å². The number of aliphatic hydroxyl groups is 2. The maximum Gasteiger partial charge on any atom is 1.00 e. The van der Waals surface area contributed by atoms with Crippen molar-refractivity contribution < 1.29 is 96.6 Å². The molecule has 1 aliphatic rings. The molecule has 4 aromatic carbocycles. The van der Waals surface area contributed by atoms with E-state index in [9.17, 15) is 19.2 Å². The van der Waals surface area contributed by atoms with Crippen LogP contribution in [-0.2, 0) is 18.8 Å². The number of nitrogens with two attached hydrogens (primary N) is 1. The first-order valence-corrected chi connectivity index (χ1v) is 33.9. The SMILES string of the molecule is CC(N)CCO.CC1(C)OB(/C=C/c2ccc(Cl)cc2)OC1(C)C.COC(=O)c1cnc(OC)c(/C=C/c2ccc(Cl)cc2)c1.COC(=O)c1cnc(OC)c(Br)c1.COc1ncc(C(=O)NC(C)CCO)cc1/C=C/c1ccc(Cl)cc1.COc1ncc(C(=O)O)cc1/C=C/c1ccc(Cl)cc1.[Li+].[OH-]. The molecule has 0 bridgehead atoms. The van der Waals surface area contributed by atoms with Gasteiger partial charge in [-0.1, -0.05) is 125 Å². The van der Waals surface area contributed by atoms with Gasteiger partial charge in [0.1, 0.15) is 0 Å². The van der Waals surface area contributed by atoms with E-state index in [1.54, 1.807) is 36.4 Å². The molecular weight excluding hydrogens is 1490 g/mol. The quantitative estimate of drug-likeness (QED) is 0.0330. The van der Waals surface area contributed by atoms with Crippen LogP contribution >= 0.6 is 62.3 Å². The van der Waals surface area contributed by atoms with Crippen molar-refractivity contribution in [3.8, 4) is 23.5 Å². The van der Waals surface area contributed by atoms with Crippen LogP contribution in [0.15, 0.2) is 157 Å². The number of carboxylic acid groups (broad SMARTS) is 1. The number of benzene rings is 4. The van der Waals surface area contributed by atoms with Gasteiger partial charge in [-0.15, -0.1) is 0 Å². The maximum atomic E-state index is 12.3. The summed E-state index contributed by atoms with van der Waals surface area (Å²) in [6, 6.07) is 36.3. The van der Waals surface area contributed by atoms with Crippen LogP contribution in [0.25, 0.3) is 42.5 Å². The molecule has 9 rings (SSSR count). The van der Waals surface area contributed by atoms with Crippen molar-refractivity contribution in [3.63, 3.8) is 0 Å². The van der Waals surface area contributed by atoms with Crippen molar-refractivity contribution in [2.45, 2.75) is 77.7 Å². The number of amides is 1. The minimum atomic E-state index is -1.03. The fourth-order valence-corrected chi connectivity index (χ4v) is 9.36. The number of rotatable bonds is 21. The van der Waals surface area contributed by atoms with E-state index in [0.29, 0.717) is 89.3 Å². The molecule has 554 valence electrons. The van der Waals surface area contributed by atoms with Gasteiger partial charge in [-0.25, -0.2) is 34.3 Å². The van der Waals surface area contributed by atoms with Crippen molar-refractivity contribution >= 4 is 136 Å². The molecule has 1 fully saturated rings. The number of nitrogens with zero attached hydrogens (tertiary/aromatic N) is 4. The van der Waals surface area contributed by atoms with Crippen LogP contribution in [0, 0.1) is 0 Å². The van der Waals surface area contributed by atoms with Crippen LogP contribution in [0.2, 0.25) is 20.1 Å². The second-order valence-corrected chi connectivity index (χ2v) is 25.6. The van der Waals surface area contributed by atoms with Crippen molar-refractivity contribution in [2.75, 3.05) is 55.9 Å². The Labute approximate surface area is 653 Å². The second kappa shape index (κ2) is 47.9. The number of aromatic nitrogens is 4. The average Bonchev–Trinajstić information content (AvgIpc) is 1.64. The molecule has 5 heterocycles. The Morgan fingerprint density at radius 1 is 0.514 bits per heavy atom. The summed E-state index contributed by atoms with van der Waals surface area (Å²) in [5, 5.41) is 31.6. The standard InChI is InChI=1S/C19H21ClN2O3.C16H14ClNO3.C15H12ClNO3.C14H18BClO2.C8H8BrNO3.C4H11NO.Li.H2O/c1-13(9-10-23)22-18(24)16-11-15(19(25-2)21-12-16)6-3-14-4-7-17(20)8-5-14;1-20-15-12(9-13(10-18-15)16(19)21-2)6-3-11-4-7-14(17)8-5-11;1-20-14-11(8-12(9-17-14)15(18)19)5-2-10-3-6-13(16)7-4-10;1-13(2)14(3,4)18-15(17-13)10-9-11-5-7-12(16)8-6-11;1-12-7-6(9)3-5(4-10-7)8(11)13-2;1-4(5)2-3-6;;/h3-8,11-13,23H,9-10H2,1-2H3,(H,22,24);3-10H,1-2H3;2-9H,1H3,(H,18,19);5-10H,1-4H3;3-4H,1-2H3;4,6H,2-3,5H2,1H3;;1H2/q;;;;;;+1;/p-1/b2*6-3+;5-2+;10-9+;;;;. The summed E-state index contributed by atoms with van der Waals surface area (Å²) in [5.41, 5.74) is 11.9. The van der Waals surface area contributed by atoms with E-state index in [1.807, 2.05) is 169 Å². The van der Waals surface area contributed by atoms with Crippen molar-refractivity contribution in [1.29, 1.82) is 0 Å². The van der Waals surface area contributed by atoms with Crippen molar-refractivity contribution in [3.05, 3.63) is 238 Å². The first-order chi connectivity index (χ1) is 49.0. The van der Waals surface area contributed by atoms with Crippen LogP contribution in [-0.4, -0.2) is 151 Å². The van der Waals surface area contributed by atoms with Gasteiger partial charge in [-0.2, -0.15) is 0 Å². The number of aromatic carboxylic acids is 1. The zero-order valence-corrected chi connectivity index (χ0v) is 65.1. The number of carbonyl (C=O) groups is 4. The summed E-state index contributed by atoms with van der Waals surface area (Å²) in [4.78, 5) is 62.0. The molecule has 2 atom stereocenters.